The Hall–Kier alpha value is -3.42. The number of carbonyl (C=O) groups is 2. The van der Waals surface area contributed by atoms with Gasteiger partial charge in [-0.3, -0.25) is 19.7 Å². The van der Waals surface area contributed by atoms with Gasteiger partial charge in [-0.1, -0.05) is 18.2 Å². The van der Waals surface area contributed by atoms with Crippen LogP contribution in [-0.2, 0) is 9.59 Å². The highest BCUT2D eigenvalue weighted by atomic mass is 16.6. The zero-order valence-electron chi connectivity index (χ0n) is 16.6. The van der Waals surface area contributed by atoms with E-state index in [1.54, 1.807) is 23.1 Å². The molecule has 2 saturated heterocycles. The van der Waals surface area contributed by atoms with Crippen molar-refractivity contribution in [3.8, 4) is 0 Å². The van der Waals surface area contributed by atoms with Crippen molar-refractivity contribution < 1.29 is 14.5 Å². The van der Waals surface area contributed by atoms with Crippen LogP contribution in [0.4, 0.5) is 22.7 Å². The molecule has 30 heavy (non-hydrogen) atoms. The summed E-state index contributed by atoms with van der Waals surface area (Å²) in [6.45, 7) is 1.89. The van der Waals surface area contributed by atoms with E-state index in [0.717, 1.165) is 12.1 Å². The molecule has 4 rings (SSSR count). The Balaban J connectivity index is 1.37. The number of nitrogens with zero attached hydrogens (tertiary/aromatic N) is 3. The fourth-order valence-electron chi connectivity index (χ4n) is 4.19. The van der Waals surface area contributed by atoms with Gasteiger partial charge in [-0.25, -0.2) is 0 Å². The third-order valence-corrected chi connectivity index (χ3v) is 5.78. The highest BCUT2D eigenvalue weighted by molar-refractivity contribution is 5.97. The highest BCUT2D eigenvalue weighted by Crippen LogP contribution is 2.32. The van der Waals surface area contributed by atoms with E-state index in [-0.39, 0.29) is 28.3 Å². The molecule has 0 radical (unpaired) electrons. The van der Waals surface area contributed by atoms with E-state index in [1.807, 2.05) is 29.2 Å². The number of nitro benzene ring substituents is 1. The quantitative estimate of drug-likeness (QED) is 0.603. The van der Waals surface area contributed by atoms with E-state index >= 15 is 0 Å². The molecule has 1 N–H and O–H groups in total. The van der Waals surface area contributed by atoms with Crippen LogP contribution in [0.25, 0.3) is 0 Å². The lowest BCUT2D eigenvalue weighted by molar-refractivity contribution is -0.384. The van der Waals surface area contributed by atoms with Gasteiger partial charge in [0.1, 0.15) is 5.69 Å². The summed E-state index contributed by atoms with van der Waals surface area (Å²) in [6, 6.07) is 14.1. The minimum Gasteiger partial charge on any atom is -0.366 e. The minimum atomic E-state index is -0.369. The summed E-state index contributed by atoms with van der Waals surface area (Å²) in [5.41, 5.74) is 2.18. The van der Waals surface area contributed by atoms with E-state index in [4.69, 9.17) is 0 Å². The van der Waals surface area contributed by atoms with Crippen LogP contribution in [0, 0.1) is 16.0 Å². The third-order valence-electron chi connectivity index (χ3n) is 5.78. The summed E-state index contributed by atoms with van der Waals surface area (Å²) in [6.07, 6.45) is 2.67. The molecule has 0 aliphatic carbocycles. The summed E-state index contributed by atoms with van der Waals surface area (Å²) in [5.74, 6) is -0.0935. The second kappa shape index (κ2) is 8.52. The molecule has 0 atom stereocenters. The molecule has 8 nitrogen and oxygen atoms in total. The van der Waals surface area contributed by atoms with Crippen molar-refractivity contribution in [1.29, 1.82) is 0 Å². The first kappa shape index (κ1) is 19.9. The minimum absolute atomic E-state index is 0.0536. The van der Waals surface area contributed by atoms with Crippen LogP contribution in [0.3, 0.4) is 0 Å². The largest absolute Gasteiger partial charge is 0.366 e. The average molecular weight is 408 g/mol. The number of benzene rings is 2. The van der Waals surface area contributed by atoms with Crippen LogP contribution < -0.4 is 15.1 Å². The van der Waals surface area contributed by atoms with Crippen LogP contribution in [-0.4, -0.2) is 36.4 Å². The molecule has 0 saturated carbocycles. The molecule has 2 fully saturated rings. The molecule has 2 aliphatic heterocycles. The highest BCUT2D eigenvalue weighted by Gasteiger charge is 2.28. The number of anilines is 3. The number of hydrogen-bond donors (Lipinski definition) is 1. The molecule has 0 aromatic heterocycles. The molecule has 2 aromatic carbocycles. The zero-order chi connectivity index (χ0) is 21.1. The Morgan fingerprint density at radius 2 is 1.83 bits per heavy atom. The molecule has 0 unspecified atom stereocenters. The maximum atomic E-state index is 12.8. The SMILES string of the molecule is O=C(Nc1cccc(N2CCCC2=O)c1)C1CCN(c2ccccc2[N+](=O)[O-])CC1. The van der Waals surface area contributed by atoms with Crippen LogP contribution in [0.15, 0.2) is 48.5 Å². The molecule has 2 amide bonds. The van der Waals surface area contributed by atoms with Gasteiger partial charge in [0.2, 0.25) is 11.8 Å². The summed E-state index contributed by atoms with van der Waals surface area (Å²) in [7, 11) is 0. The lowest BCUT2D eigenvalue weighted by atomic mass is 9.95. The first-order chi connectivity index (χ1) is 14.5. The number of para-hydroxylation sites is 2. The number of nitrogens with one attached hydrogen (secondary N) is 1. The number of nitro groups is 1. The normalized spacial score (nSPS) is 17.3. The summed E-state index contributed by atoms with van der Waals surface area (Å²) >= 11 is 0. The average Bonchev–Trinajstić information content (AvgIpc) is 3.20. The zero-order valence-corrected chi connectivity index (χ0v) is 16.6. The molecule has 0 bridgehead atoms. The summed E-state index contributed by atoms with van der Waals surface area (Å²) in [5, 5.41) is 14.2. The number of carbonyl (C=O) groups excluding carboxylic acids is 2. The van der Waals surface area contributed by atoms with E-state index in [9.17, 15) is 19.7 Å². The Morgan fingerprint density at radius 1 is 1.07 bits per heavy atom. The summed E-state index contributed by atoms with van der Waals surface area (Å²) < 4.78 is 0. The molecule has 2 heterocycles. The molecular formula is C22H24N4O4. The number of hydrogen-bond acceptors (Lipinski definition) is 5. The van der Waals surface area contributed by atoms with Gasteiger partial charge in [-0.05, 0) is 43.5 Å². The molecule has 2 aromatic rings. The maximum absolute atomic E-state index is 12.8. The van der Waals surface area contributed by atoms with Crippen LogP contribution in [0.1, 0.15) is 25.7 Å². The van der Waals surface area contributed by atoms with Gasteiger partial charge in [0, 0.05) is 49.4 Å². The van der Waals surface area contributed by atoms with Crippen molar-refractivity contribution in [3.63, 3.8) is 0 Å². The smallest absolute Gasteiger partial charge is 0.292 e. The van der Waals surface area contributed by atoms with Crippen molar-refractivity contribution in [2.24, 2.45) is 5.92 Å². The standard InChI is InChI=1S/C22H24N4O4/c27-21-9-4-12-25(21)18-6-3-5-17(15-18)23-22(28)16-10-13-24(14-11-16)19-7-1-2-8-20(19)26(29)30/h1-3,5-8,15-16H,4,9-14H2,(H,23,28). The van der Waals surface area contributed by atoms with Gasteiger partial charge in [0.15, 0.2) is 0 Å². The van der Waals surface area contributed by atoms with Gasteiger partial charge < -0.3 is 15.1 Å². The van der Waals surface area contributed by atoms with Gasteiger partial charge >= 0.3 is 0 Å². The summed E-state index contributed by atoms with van der Waals surface area (Å²) in [4.78, 5) is 39.4. The van der Waals surface area contributed by atoms with Crippen molar-refractivity contribution in [2.75, 3.05) is 34.8 Å². The fourth-order valence-corrected chi connectivity index (χ4v) is 4.19. The molecular weight excluding hydrogens is 384 g/mol. The monoisotopic (exact) mass is 408 g/mol. The van der Waals surface area contributed by atoms with Gasteiger partial charge in [-0.2, -0.15) is 0 Å². The molecule has 0 spiro atoms. The third kappa shape index (κ3) is 4.12. The van der Waals surface area contributed by atoms with Crippen molar-refractivity contribution in [3.05, 3.63) is 58.6 Å². The van der Waals surface area contributed by atoms with Crippen molar-refractivity contribution >= 4 is 34.6 Å². The van der Waals surface area contributed by atoms with Crippen LogP contribution in [0.5, 0.6) is 0 Å². The Kier molecular flexibility index (Phi) is 5.65. The Labute approximate surface area is 174 Å². The van der Waals surface area contributed by atoms with Crippen LogP contribution >= 0.6 is 0 Å². The second-order valence-corrected chi connectivity index (χ2v) is 7.70. The lowest BCUT2D eigenvalue weighted by Crippen LogP contribution is -2.38. The number of amides is 2. The first-order valence-corrected chi connectivity index (χ1v) is 10.2. The van der Waals surface area contributed by atoms with Gasteiger partial charge in [0.25, 0.3) is 5.69 Å². The number of rotatable bonds is 5. The molecule has 2 aliphatic rings. The number of piperidine rings is 1. The van der Waals surface area contributed by atoms with Crippen LogP contribution in [0.2, 0.25) is 0 Å². The predicted molar refractivity (Wildman–Crippen MR) is 115 cm³/mol. The van der Waals surface area contributed by atoms with E-state index in [2.05, 4.69) is 5.32 Å². The molecule has 8 heteroatoms. The topological polar surface area (TPSA) is 95.8 Å². The van der Waals surface area contributed by atoms with E-state index < -0.39 is 0 Å². The van der Waals surface area contributed by atoms with Gasteiger partial charge in [0.05, 0.1) is 4.92 Å². The molecule has 156 valence electrons. The Bertz CT molecular complexity index is 969. The van der Waals surface area contributed by atoms with Gasteiger partial charge in [-0.15, -0.1) is 0 Å². The second-order valence-electron chi connectivity index (χ2n) is 7.70. The maximum Gasteiger partial charge on any atom is 0.292 e. The van der Waals surface area contributed by atoms with E-state index in [1.165, 1.54) is 6.07 Å². The fraction of sp³-hybridized carbons (Fsp3) is 0.364. The van der Waals surface area contributed by atoms with E-state index in [0.29, 0.717) is 50.3 Å². The lowest BCUT2D eigenvalue weighted by Gasteiger charge is -2.32. The predicted octanol–water partition coefficient (Wildman–Crippen LogP) is 3.58. The van der Waals surface area contributed by atoms with Crippen molar-refractivity contribution in [2.45, 2.75) is 25.7 Å². The first-order valence-electron chi connectivity index (χ1n) is 10.2. The van der Waals surface area contributed by atoms with Crippen molar-refractivity contribution in [1.82, 2.24) is 0 Å². The Morgan fingerprint density at radius 3 is 2.53 bits per heavy atom.